The molecule has 0 radical (unpaired) electrons. The van der Waals surface area contributed by atoms with E-state index in [1.165, 1.54) is 11.1 Å². The predicted molar refractivity (Wildman–Crippen MR) is 97.5 cm³/mol. The molecular formula is C18H31N5. The van der Waals surface area contributed by atoms with Gasteiger partial charge in [-0.15, -0.1) is 0 Å². The van der Waals surface area contributed by atoms with Crippen LogP contribution in [0.3, 0.4) is 0 Å². The topological polar surface area (TPSA) is 56.9 Å². The summed E-state index contributed by atoms with van der Waals surface area (Å²) in [5.74, 6) is 0.542. The van der Waals surface area contributed by atoms with Gasteiger partial charge in [-0.2, -0.15) is 0 Å². The summed E-state index contributed by atoms with van der Waals surface area (Å²) in [6.45, 7) is 9.38. The number of rotatable bonds is 7. The first-order chi connectivity index (χ1) is 11.2. The number of piperazine rings is 1. The van der Waals surface area contributed by atoms with Gasteiger partial charge in [-0.3, -0.25) is 4.90 Å². The molecule has 3 N–H and O–H groups in total. The summed E-state index contributed by atoms with van der Waals surface area (Å²) in [4.78, 5) is 9.29. The van der Waals surface area contributed by atoms with Crippen LogP contribution in [0, 0.1) is 0 Å². The Bertz CT molecular complexity index is 475. The van der Waals surface area contributed by atoms with Crippen molar-refractivity contribution in [3.63, 3.8) is 0 Å². The molecule has 5 nitrogen and oxygen atoms in total. The van der Waals surface area contributed by atoms with Crippen molar-refractivity contribution in [1.29, 1.82) is 0 Å². The molecule has 1 fully saturated rings. The van der Waals surface area contributed by atoms with Crippen LogP contribution in [-0.2, 0) is 13.1 Å². The van der Waals surface area contributed by atoms with Gasteiger partial charge in [0, 0.05) is 39.3 Å². The number of hydrogen-bond donors (Lipinski definition) is 2. The van der Waals surface area contributed by atoms with E-state index in [0.29, 0.717) is 12.5 Å². The average Bonchev–Trinajstić information content (AvgIpc) is 2.57. The van der Waals surface area contributed by atoms with Gasteiger partial charge in [-0.1, -0.05) is 37.6 Å². The molecule has 0 unspecified atom stereocenters. The standard InChI is InChI=1S/C18H31N5/c1-3-4-9-20-18(19)21-14-16-5-7-17(8-6-16)15-23-12-10-22(2)11-13-23/h5-8H,3-4,9-15H2,1-2H3,(H3,19,20,21). The zero-order valence-electron chi connectivity index (χ0n) is 14.6. The average molecular weight is 317 g/mol. The van der Waals surface area contributed by atoms with Gasteiger partial charge in [0.05, 0.1) is 6.54 Å². The van der Waals surface area contributed by atoms with Crippen molar-refractivity contribution in [2.24, 2.45) is 10.7 Å². The largest absolute Gasteiger partial charge is 0.370 e. The maximum atomic E-state index is 5.86. The molecule has 128 valence electrons. The minimum atomic E-state index is 0.542. The first kappa shape index (κ1) is 17.8. The lowest BCUT2D eigenvalue weighted by molar-refractivity contribution is 0.148. The molecule has 0 atom stereocenters. The fourth-order valence-corrected chi connectivity index (χ4v) is 2.64. The third kappa shape index (κ3) is 6.59. The number of unbranched alkanes of at least 4 members (excludes halogenated alkanes) is 1. The van der Waals surface area contributed by atoms with E-state index in [1.54, 1.807) is 0 Å². The number of guanidine groups is 1. The molecule has 0 spiro atoms. The van der Waals surface area contributed by atoms with Crippen LogP contribution < -0.4 is 11.1 Å². The number of aliphatic imine (C=N–C) groups is 1. The maximum absolute atomic E-state index is 5.86. The third-order valence-electron chi connectivity index (χ3n) is 4.29. The summed E-state index contributed by atoms with van der Waals surface area (Å²) < 4.78 is 0. The van der Waals surface area contributed by atoms with Gasteiger partial charge >= 0.3 is 0 Å². The molecule has 1 saturated heterocycles. The summed E-state index contributed by atoms with van der Waals surface area (Å²) >= 11 is 0. The van der Waals surface area contributed by atoms with Crippen LogP contribution in [0.4, 0.5) is 0 Å². The highest BCUT2D eigenvalue weighted by Gasteiger charge is 2.13. The van der Waals surface area contributed by atoms with Crippen molar-refractivity contribution in [3.05, 3.63) is 35.4 Å². The van der Waals surface area contributed by atoms with Crippen LogP contribution in [0.5, 0.6) is 0 Å². The van der Waals surface area contributed by atoms with E-state index in [9.17, 15) is 0 Å². The molecule has 0 bridgehead atoms. The molecule has 0 amide bonds. The van der Waals surface area contributed by atoms with E-state index in [-0.39, 0.29) is 0 Å². The number of hydrogen-bond acceptors (Lipinski definition) is 3. The molecule has 23 heavy (non-hydrogen) atoms. The normalized spacial score (nSPS) is 17.4. The van der Waals surface area contributed by atoms with E-state index < -0.39 is 0 Å². The molecular weight excluding hydrogens is 286 g/mol. The number of nitrogens with zero attached hydrogens (tertiary/aromatic N) is 3. The molecule has 1 aromatic rings. The second-order valence-electron chi connectivity index (χ2n) is 6.38. The van der Waals surface area contributed by atoms with Crippen LogP contribution in [0.1, 0.15) is 30.9 Å². The number of nitrogens with two attached hydrogens (primary N) is 1. The summed E-state index contributed by atoms with van der Waals surface area (Å²) in [6.07, 6.45) is 2.28. The molecule has 2 rings (SSSR count). The van der Waals surface area contributed by atoms with E-state index >= 15 is 0 Å². The van der Waals surface area contributed by atoms with Crippen LogP contribution in [0.15, 0.2) is 29.3 Å². The number of nitrogens with one attached hydrogen (secondary N) is 1. The Kier molecular flexibility index (Phi) is 7.36. The molecule has 1 aliphatic rings. The van der Waals surface area contributed by atoms with Crippen LogP contribution in [0.25, 0.3) is 0 Å². The maximum Gasteiger partial charge on any atom is 0.188 e. The van der Waals surface area contributed by atoms with E-state index in [0.717, 1.165) is 52.1 Å². The highest BCUT2D eigenvalue weighted by Crippen LogP contribution is 2.10. The highest BCUT2D eigenvalue weighted by atomic mass is 15.2. The third-order valence-corrected chi connectivity index (χ3v) is 4.29. The van der Waals surface area contributed by atoms with Crippen molar-refractivity contribution >= 4 is 5.96 Å². The van der Waals surface area contributed by atoms with Crippen LogP contribution in [0.2, 0.25) is 0 Å². The summed E-state index contributed by atoms with van der Waals surface area (Å²) in [5, 5.41) is 3.14. The van der Waals surface area contributed by atoms with Crippen molar-refractivity contribution in [1.82, 2.24) is 15.1 Å². The van der Waals surface area contributed by atoms with Gasteiger partial charge in [0.2, 0.25) is 0 Å². The molecule has 0 saturated carbocycles. The van der Waals surface area contributed by atoms with Crippen molar-refractivity contribution in [2.45, 2.75) is 32.9 Å². The summed E-state index contributed by atoms with van der Waals surface area (Å²) in [6, 6.07) is 8.75. The first-order valence-corrected chi connectivity index (χ1v) is 8.70. The Balaban J connectivity index is 1.76. The van der Waals surface area contributed by atoms with Crippen LogP contribution in [-0.4, -0.2) is 55.5 Å². The van der Waals surface area contributed by atoms with Crippen molar-refractivity contribution < 1.29 is 0 Å². The van der Waals surface area contributed by atoms with Gasteiger partial charge in [0.1, 0.15) is 0 Å². The molecule has 1 heterocycles. The Morgan fingerprint density at radius 3 is 2.43 bits per heavy atom. The molecule has 0 aromatic heterocycles. The lowest BCUT2D eigenvalue weighted by Gasteiger charge is -2.32. The number of likely N-dealkylation sites (N-methyl/N-ethyl adjacent to an activating group) is 1. The SMILES string of the molecule is CCCCNC(N)=NCc1ccc(CN2CCN(C)CC2)cc1. The van der Waals surface area contributed by atoms with E-state index in [2.05, 4.69) is 58.3 Å². The van der Waals surface area contributed by atoms with Gasteiger partial charge in [0.15, 0.2) is 5.96 Å². The Morgan fingerprint density at radius 1 is 1.13 bits per heavy atom. The van der Waals surface area contributed by atoms with Gasteiger partial charge in [-0.05, 0) is 24.6 Å². The Morgan fingerprint density at radius 2 is 1.78 bits per heavy atom. The van der Waals surface area contributed by atoms with Gasteiger partial charge in [0.25, 0.3) is 0 Å². The Hall–Kier alpha value is -1.59. The van der Waals surface area contributed by atoms with E-state index in [1.807, 2.05) is 0 Å². The van der Waals surface area contributed by atoms with Crippen molar-refractivity contribution in [2.75, 3.05) is 39.8 Å². The lowest BCUT2D eigenvalue weighted by atomic mass is 10.1. The Labute approximate surface area is 140 Å². The summed E-state index contributed by atoms with van der Waals surface area (Å²) in [7, 11) is 2.19. The molecule has 1 aliphatic heterocycles. The molecule has 1 aromatic carbocycles. The first-order valence-electron chi connectivity index (χ1n) is 8.70. The minimum Gasteiger partial charge on any atom is -0.370 e. The second kappa shape index (κ2) is 9.53. The van der Waals surface area contributed by atoms with Crippen molar-refractivity contribution in [3.8, 4) is 0 Å². The lowest BCUT2D eigenvalue weighted by Crippen LogP contribution is -2.43. The van der Waals surface area contributed by atoms with Gasteiger partial charge < -0.3 is 16.0 Å². The monoisotopic (exact) mass is 317 g/mol. The smallest absolute Gasteiger partial charge is 0.188 e. The van der Waals surface area contributed by atoms with E-state index in [4.69, 9.17) is 5.73 Å². The quantitative estimate of drug-likeness (QED) is 0.456. The summed E-state index contributed by atoms with van der Waals surface area (Å²) in [5.41, 5.74) is 8.43. The van der Waals surface area contributed by atoms with Crippen LogP contribution >= 0.6 is 0 Å². The van der Waals surface area contributed by atoms with Gasteiger partial charge in [-0.25, -0.2) is 4.99 Å². The zero-order valence-corrected chi connectivity index (χ0v) is 14.6. The fourth-order valence-electron chi connectivity index (χ4n) is 2.64. The molecule has 0 aliphatic carbocycles. The fraction of sp³-hybridized carbons (Fsp3) is 0.611. The molecule has 5 heteroatoms. The second-order valence-corrected chi connectivity index (χ2v) is 6.38. The minimum absolute atomic E-state index is 0.542. The zero-order chi connectivity index (χ0) is 16.5. The predicted octanol–water partition coefficient (Wildman–Crippen LogP) is 1.64. The highest BCUT2D eigenvalue weighted by molar-refractivity contribution is 5.77. The number of benzene rings is 1.